The smallest absolute Gasteiger partial charge is 0.273 e. The molecule has 0 aromatic carbocycles. The van der Waals surface area contributed by atoms with E-state index in [1.807, 2.05) is 10.3 Å². The zero-order chi connectivity index (χ0) is 21.0. The highest BCUT2D eigenvalue weighted by atomic mass is 32.1. The molecule has 3 fully saturated rings. The monoisotopic (exact) mass is 417 g/mol. The van der Waals surface area contributed by atoms with Crippen molar-refractivity contribution in [2.75, 3.05) is 19.6 Å². The summed E-state index contributed by atoms with van der Waals surface area (Å²) < 4.78 is 0. The quantitative estimate of drug-likeness (QED) is 0.725. The maximum atomic E-state index is 13.0. The average Bonchev–Trinajstić information content (AvgIpc) is 3.03. The van der Waals surface area contributed by atoms with Crippen LogP contribution in [0.15, 0.2) is 5.38 Å². The summed E-state index contributed by atoms with van der Waals surface area (Å²) in [5, 5.41) is 3.00. The lowest BCUT2D eigenvalue weighted by molar-refractivity contribution is -0.134. The van der Waals surface area contributed by atoms with Crippen molar-refractivity contribution in [1.82, 2.24) is 14.8 Å². The Kier molecular flexibility index (Phi) is 5.29. The summed E-state index contributed by atoms with van der Waals surface area (Å²) in [7, 11) is 0. The topological polar surface area (TPSA) is 53.5 Å². The fourth-order valence-corrected chi connectivity index (χ4v) is 6.43. The molecule has 1 saturated carbocycles. The minimum absolute atomic E-state index is 0.0884. The van der Waals surface area contributed by atoms with Crippen LogP contribution in [0.5, 0.6) is 0 Å². The molecule has 4 rings (SSSR count). The van der Waals surface area contributed by atoms with E-state index in [9.17, 15) is 9.59 Å². The van der Waals surface area contributed by atoms with Crippen LogP contribution in [0.4, 0.5) is 0 Å². The first-order valence-corrected chi connectivity index (χ1v) is 12.1. The van der Waals surface area contributed by atoms with Crippen molar-refractivity contribution in [3.8, 4) is 0 Å². The first-order chi connectivity index (χ1) is 13.6. The largest absolute Gasteiger partial charge is 0.342 e. The zero-order valence-corrected chi connectivity index (χ0v) is 19.3. The van der Waals surface area contributed by atoms with Gasteiger partial charge in [-0.3, -0.25) is 9.59 Å². The highest BCUT2D eigenvalue weighted by Gasteiger charge is 2.68. The van der Waals surface area contributed by atoms with Crippen LogP contribution >= 0.6 is 11.3 Å². The van der Waals surface area contributed by atoms with Gasteiger partial charge in [0.2, 0.25) is 5.91 Å². The van der Waals surface area contributed by atoms with Gasteiger partial charge in [0.1, 0.15) is 5.69 Å². The molecule has 2 amide bonds. The number of carbonyl (C=O) groups is 2. The number of aromatic nitrogens is 1. The molecule has 0 radical (unpaired) electrons. The van der Waals surface area contributed by atoms with E-state index in [1.165, 1.54) is 6.42 Å². The molecule has 29 heavy (non-hydrogen) atoms. The maximum absolute atomic E-state index is 13.0. The van der Waals surface area contributed by atoms with Crippen LogP contribution in [0, 0.1) is 16.7 Å². The SMILES string of the molecule is CC1CCCCN1C(=O)c1csc(C2CCN(C(=O)C3C(C)(C)C3(C)C)CC2)n1. The molecule has 3 aliphatic rings. The van der Waals surface area contributed by atoms with Crippen LogP contribution in [-0.4, -0.2) is 52.3 Å². The molecule has 6 heteroatoms. The van der Waals surface area contributed by atoms with E-state index in [1.54, 1.807) is 11.3 Å². The zero-order valence-electron chi connectivity index (χ0n) is 18.5. The summed E-state index contributed by atoms with van der Waals surface area (Å²) in [6, 6.07) is 0.312. The third-order valence-electron chi connectivity index (χ3n) is 8.23. The number of rotatable bonds is 3. The lowest BCUT2D eigenvalue weighted by atomic mass is 9.96. The van der Waals surface area contributed by atoms with Crippen molar-refractivity contribution >= 4 is 23.2 Å². The van der Waals surface area contributed by atoms with Crippen LogP contribution < -0.4 is 0 Å². The Morgan fingerprint density at radius 1 is 1.03 bits per heavy atom. The van der Waals surface area contributed by atoms with Gasteiger partial charge in [0.05, 0.1) is 5.01 Å². The number of likely N-dealkylation sites (tertiary alicyclic amines) is 2. The number of amides is 2. The maximum Gasteiger partial charge on any atom is 0.273 e. The summed E-state index contributed by atoms with van der Waals surface area (Å²) in [5.74, 6) is 0.921. The van der Waals surface area contributed by atoms with Crippen LogP contribution in [-0.2, 0) is 4.79 Å². The third kappa shape index (κ3) is 3.51. The number of hydrogen-bond acceptors (Lipinski definition) is 4. The minimum Gasteiger partial charge on any atom is -0.342 e. The van der Waals surface area contributed by atoms with Crippen molar-refractivity contribution in [3.05, 3.63) is 16.1 Å². The molecule has 160 valence electrons. The number of thiazole rings is 1. The van der Waals surface area contributed by atoms with Crippen LogP contribution in [0.3, 0.4) is 0 Å². The van der Waals surface area contributed by atoms with Crippen LogP contribution in [0.1, 0.15) is 88.1 Å². The standard InChI is InChI=1S/C23H35N3O2S/c1-15-8-6-7-11-26(15)20(27)17-14-29-19(24-17)16-9-12-25(13-10-16)21(28)18-22(2,3)23(18,4)5/h14-16,18H,6-13H2,1-5H3. The normalized spacial score (nSPS) is 27.1. The van der Waals surface area contributed by atoms with Gasteiger partial charge >= 0.3 is 0 Å². The highest BCUT2D eigenvalue weighted by molar-refractivity contribution is 7.09. The summed E-state index contributed by atoms with van der Waals surface area (Å²) in [6.07, 6.45) is 5.28. The molecule has 1 aliphatic carbocycles. The van der Waals surface area contributed by atoms with E-state index in [0.717, 1.165) is 50.3 Å². The second-order valence-electron chi connectivity index (χ2n) is 10.4. The Morgan fingerprint density at radius 2 is 1.69 bits per heavy atom. The molecule has 1 aromatic rings. The van der Waals surface area contributed by atoms with E-state index < -0.39 is 0 Å². The molecule has 1 aromatic heterocycles. The predicted molar refractivity (Wildman–Crippen MR) is 116 cm³/mol. The Morgan fingerprint density at radius 3 is 2.28 bits per heavy atom. The molecule has 0 N–H and O–H groups in total. The van der Waals surface area contributed by atoms with Gasteiger partial charge in [-0.2, -0.15) is 0 Å². The van der Waals surface area contributed by atoms with Crippen LogP contribution in [0.2, 0.25) is 0 Å². The van der Waals surface area contributed by atoms with Gasteiger partial charge in [-0.1, -0.05) is 27.7 Å². The first-order valence-electron chi connectivity index (χ1n) is 11.2. The molecule has 0 spiro atoms. The van der Waals surface area contributed by atoms with Gasteiger partial charge in [-0.05, 0) is 49.9 Å². The van der Waals surface area contributed by atoms with E-state index in [-0.39, 0.29) is 22.7 Å². The lowest BCUT2D eigenvalue weighted by Gasteiger charge is -2.33. The van der Waals surface area contributed by atoms with Gasteiger partial charge in [-0.25, -0.2) is 4.98 Å². The number of nitrogens with zero attached hydrogens (tertiary/aromatic N) is 3. The Hall–Kier alpha value is -1.43. The Labute approximate surface area is 178 Å². The molecule has 1 atom stereocenters. The number of carbonyl (C=O) groups excluding carboxylic acids is 2. The minimum atomic E-state index is 0.0884. The average molecular weight is 418 g/mol. The summed E-state index contributed by atoms with van der Waals surface area (Å²) >= 11 is 1.62. The Bertz CT molecular complexity index is 778. The molecule has 1 unspecified atom stereocenters. The summed E-state index contributed by atoms with van der Waals surface area (Å²) in [4.78, 5) is 34.6. The summed E-state index contributed by atoms with van der Waals surface area (Å²) in [6.45, 7) is 13.4. The van der Waals surface area contributed by atoms with E-state index >= 15 is 0 Å². The van der Waals surface area contributed by atoms with Crippen LogP contribution in [0.25, 0.3) is 0 Å². The van der Waals surface area contributed by atoms with E-state index in [0.29, 0.717) is 23.6 Å². The fourth-order valence-electron chi connectivity index (χ4n) is 5.46. The van der Waals surface area contributed by atoms with Gasteiger partial charge in [0.25, 0.3) is 5.91 Å². The van der Waals surface area contributed by atoms with E-state index in [2.05, 4.69) is 39.5 Å². The summed E-state index contributed by atoms with van der Waals surface area (Å²) in [5.41, 5.74) is 0.799. The van der Waals surface area contributed by atoms with Crippen molar-refractivity contribution in [3.63, 3.8) is 0 Å². The first kappa shape index (κ1) is 20.8. The molecule has 2 saturated heterocycles. The molecule has 5 nitrogen and oxygen atoms in total. The molecule has 2 aliphatic heterocycles. The molecular formula is C23H35N3O2S. The second-order valence-corrected chi connectivity index (χ2v) is 11.3. The van der Waals surface area contributed by atoms with Crippen molar-refractivity contribution in [2.24, 2.45) is 16.7 Å². The predicted octanol–water partition coefficient (Wildman–Crippen LogP) is 4.55. The third-order valence-corrected chi connectivity index (χ3v) is 9.24. The number of piperidine rings is 2. The molecule has 0 bridgehead atoms. The number of hydrogen-bond donors (Lipinski definition) is 0. The second kappa shape index (κ2) is 7.36. The molecular weight excluding hydrogens is 382 g/mol. The van der Waals surface area contributed by atoms with E-state index in [4.69, 9.17) is 4.98 Å². The van der Waals surface area contributed by atoms with Gasteiger partial charge in [-0.15, -0.1) is 11.3 Å². The van der Waals surface area contributed by atoms with Gasteiger partial charge in [0, 0.05) is 42.9 Å². The lowest BCUT2D eigenvalue weighted by Crippen LogP contribution is -2.42. The van der Waals surface area contributed by atoms with Gasteiger partial charge in [0.15, 0.2) is 0 Å². The van der Waals surface area contributed by atoms with Crippen molar-refractivity contribution < 1.29 is 9.59 Å². The Balaban J connectivity index is 1.35. The fraction of sp³-hybridized carbons (Fsp3) is 0.783. The van der Waals surface area contributed by atoms with Gasteiger partial charge < -0.3 is 9.80 Å². The van der Waals surface area contributed by atoms with Crippen molar-refractivity contribution in [2.45, 2.75) is 78.7 Å². The highest BCUT2D eigenvalue weighted by Crippen LogP contribution is 2.68. The molecule has 3 heterocycles. The van der Waals surface area contributed by atoms with Crippen molar-refractivity contribution in [1.29, 1.82) is 0 Å².